The number of likely N-dealkylation sites (N-methyl/N-ethyl adjacent to an activating group) is 1. The van der Waals surface area contributed by atoms with Crippen molar-refractivity contribution in [1.82, 2.24) is 15.1 Å². The highest BCUT2D eigenvalue weighted by atomic mass is 35.5. The molecule has 234 valence electrons. The van der Waals surface area contributed by atoms with Crippen molar-refractivity contribution in [2.45, 2.75) is 40.6 Å². The zero-order chi connectivity index (χ0) is 32.0. The van der Waals surface area contributed by atoms with E-state index in [1.807, 2.05) is 29.1 Å². The lowest BCUT2D eigenvalue weighted by molar-refractivity contribution is -0.696. The molecule has 2 atom stereocenters. The monoisotopic (exact) mass is 699 g/mol. The molecule has 0 saturated carbocycles. The third-order valence-electron chi connectivity index (χ3n) is 6.76. The van der Waals surface area contributed by atoms with E-state index in [0.717, 1.165) is 4.90 Å². The Morgan fingerprint density at radius 2 is 1.84 bits per heavy atom. The highest BCUT2D eigenvalue weighted by Crippen LogP contribution is 2.41. The predicted octanol–water partition coefficient (Wildman–Crippen LogP) is 3.23. The molecule has 1 fully saturated rings. The van der Waals surface area contributed by atoms with Gasteiger partial charge in [0.25, 0.3) is 5.91 Å². The number of nitrogens with zero attached hydrogens (tertiary/aromatic N) is 3. The van der Waals surface area contributed by atoms with Gasteiger partial charge in [-0.3, -0.25) is 24.1 Å². The molecule has 0 radical (unpaired) electrons. The summed E-state index contributed by atoms with van der Waals surface area (Å²) in [7, 11) is 1.63. The molecule has 0 aliphatic carbocycles. The molecule has 0 spiro atoms. The minimum absolute atomic E-state index is 0.0173. The maximum absolute atomic E-state index is 13.0. The van der Waals surface area contributed by atoms with E-state index in [4.69, 9.17) is 28.3 Å². The van der Waals surface area contributed by atoms with E-state index < -0.39 is 29.3 Å². The van der Waals surface area contributed by atoms with E-state index in [9.17, 15) is 29.1 Å². The number of carbonyl (C=O) groups is 5. The topological polar surface area (TPSA) is 148 Å². The third-order valence-corrected chi connectivity index (χ3v) is 10.9. The van der Waals surface area contributed by atoms with Crippen molar-refractivity contribution in [2.75, 3.05) is 30.9 Å². The Balaban J connectivity index is 1.29. The highest BCUT2D eigenvalue weighted by molar-refractivity contribution is 8.01. The number of carboxylic acids is 2. The van der Waals surface area contributed by atoms with Crippen molar-refractivity contribution in [3.8, 4) is 0 Å². The lowest BCUT2D eigenvalue weighted by Gasteiger charge is -2.49. The number of amides is 3. The van der Waals surface area contributed by atoms with Crippen LogP contribution >= 0.6 is 58.5 Å². The molecular formula is C28H29Cl2N4O7S3+. The van der Waals surface area contributed by atoms with Gasteiger partial charge in [0.15, 0.2) is 18.9 Å². The number of aliphatic carboxylic acids is 2. The molecule has 11 nitrogen and oxygen atoms in total. The number of hydrogen-bond acceptors (Lipinski definition) is 8. The van der Waals surface area contributed by atoms with E-state index in [0.29, 0.717) is 45.1 Å². The summed E-state index contributed by atoms with van der Waals surface area (Å²) in [5.74, 6) is -2.49. The second-order valence-electron chi connectivity index (χ2n) is 9.85. The van der Waals surface area contributed by atoms with Gasteiger partial charge in [0.1, 0.15) is 17.1 Å². The summed E-state index contributed by atoms with van der Waals surface area (Å²) >= 11 is 16.2. The Bertz CT molecular complexity index is 1490. The number of pyridine rings is 1. The highest BCUT2D eigenvalue weighted by Gasteiger charge is 2.54. The molecule has 2 aromatic rings. The fraction of sp³-hybridized carbons (Fsp3) is 0.357. The number of carbonyl (C=O) groups excluding carboxylic acids is 3. The van der Waals surface area contributed by atoms with Crippen LogP contribution in [-0.4, -0.2) is 91.9 Å². The van der Waals surface area contributed by atoms with Crippen molar-refractivity contribution >= 4 is 88.1 Å². The number of hydrogen-bond donors (Lipinski definition) is 3. The second kappa shape index (κ2) is 15.4. The predicted molar refractivity (Wildman–Crippen MR) is 169 cm³/mol. The first-order chi connectivity index (χ1) is 20.9. The number of rotatable bonds is 14. The van der Waals surface area contributed by atoms with Crippen LogP contribution in [0.4, 0.5) is 0 Å². The van der Waals surface area contributed by atoms with Gasteiger partial charge in [0.05, 0.1) is 23.7 Å². The van der Waals surface area contributed by atoms with Gasteiger partial charge in [-0.05, 0) is 23.8 Å². The molecule has 0 unspecified atom stereocenters. The zero-order valence-electron chi connectivity index (χ0n) is 23.4. The number of carboxylic acid groups (broad SMARTS) is 2. The van der Waals surface area contributed by atoms with Crippen LogP contribution in [0, 0.1) is 0 Å². The molecule has 2 aliphatic rings. The number of nitrogens with one attached hydrogen (secondary N) is 1. The van der Waals surface area contributed by atoms with Gasteiger partial charge >= 0.3 is 11.9 Å². The Morgan fingerprint density at radius 1 is 1.11 bits per heavy atom. The van der Waals surface area contributed by atoms with E-state index in [2.05, 4.69) is 5.32 Å². The molecule has 3 heterocycles. The van der Waals surface area contributed by atoms with Gasteiger partial charge in [-0.25, -0.2) is 9.36 Å². The van der Waals surface area contributed by atoms with Gasteiger partial charge in [0.2, 0.25) is 11.8 Å². The van der Waals surface area contributed by atoms with E-state index >= 15 is 0 Å². The van der Waals surface area contributed by atoms with Crippen LogP contribution in [0.25, 0.3) is 0 Å². The van der Waals surface area contributed by atoms with Gasteiger partial charge < -0.3 is 20.4 Å². The van der Waals surface area contributed by atoms with E-state index in [-0.39, 0.29) is 36.1 Å². The third kappa shape index (κ3) is 8.62. The molecule has 3 N–H and O–H groups in total. The van der Waals surface area contributed by atoms with Crippen molar-refractivity contribution in [3.05, 3.63) is 64.0 Å². The number of β-lactam (4-membered cyclic amide) rings is 1. The maximum Gasteiger partial charge on any atom is 0.352 e. The molecule has 1 aromatic carbocycles. The molecule has 0 bridgehead atoms. The van der Waals surface area contributed by atoms with Crippen LogP contribution in [-0.2, 0) is 30.5 Å². The van der Waals surface area contributed by atoms with Crippen molar-refractivity contribution in [3.63, 3.8) is 0 Å². The van der Waals surface area contributed by atoms with Gasteiger partial charge in [-0.15, -0.1) is 35.3 Å². The smallest absolute Gasteiger partial charge is 0.352 e. The first-order valence-electron chi connectivity index (χ1n) is 13.3. The SMILES string of the molecule is CN(CC[n+]1ccc(SCC2=C(C(=O)O)N3C(=O)[C@@H](NC(=O)CSc4cc(Cl)ccc4Cl)[C@H]3SC2)cc1)C(=O)CCC(=O)O. The molecular weight excluding hydrogens is 671 g/mol. The molecule has 16 heteroatoms. The summed E-state index contributed by atoms with van der Waals surface area (Å²) in [5, 5.41) is 21.9. The van der Waals surface area contributed by atoms with Crippen molar-refractivity contribution in [2.24, 2.45) is 0 Å². The fourth-order valence-electron chi connectivity index (χ4n) is 4.39. The summed E-state index contributed by atoms with van der Waals surface area (Å²) in [6.45, 7) is 0.942. The number of benzene rings is 1. The Kier molecular flexibility index (Phi) is 11.9. The average molecular weight is 701 g/mol. The number of aromatic nitrogens is 1. The minimum atomic E-state index is -1.19. The molecule has 2 aliphatic heterocycles. The van der Waals surface area contributed by atoms with Gasteiger partial charge in [-0.1, -0.05) is 23.2 Å². The summed E-state index contributed by atoms with van der Waals surface area (Å²) < 4.78 is 1.89. The zero-order valence-corrected chi connectivity index (χ0v) is 27.4. The summed E-state index contributed by atoms with van der Waals surface area (Å²) in [4.78, 5) is 64.8. The first-order valence-corrected chi connectivity index (χ1v) is 17.1. The number of halogens is 2. The standard InChI is InChI=1S/C28H28Cl2N4O7S3/c1-32(22(36)4-5-23(37)38)10-11-33-8-6-18(7-9-33)42-13-16-14-44-27-24(26(39)34(27)25(16)28(40)41)31-21(35)15-43-20-12-17(29)2-3-19(20)30/h2-3,6-9,12,24,27H,4-5,10-11,13-15H2,1H3,(H2-,31,35,37,38,40,41)/p+1/t24-,27-/m1/s1. The largest absolute Gasteiger partial charge is 0.481 e. The van der Waals surface area contributed by atoms with Crippen molar-refractivity contribution in [1.29, 1.82) is 0 Å². The van der Waals surface area contributed by atoms with Crippen LogP contribution in [0.2, 0.25) is 10.0 Å². The van der Waals surface area contributed by atoms with Crippen LogP contribution < -0.4 is 9.88 Å². The van der Waals surface area contributed by atoms with Crippen LogP contribution in [0.5, 0.6) is 0 Å². The molecule has 44 heavy (non-hydrogen) atoms. The number of fused-ring (bicyclic) bond motifs is 1. The second-order valence-corrected chi connectivity index (χ2v) is 13.9. The normalized spacial score (nSPS) is 17.5. The molecule has 1 aromatic heterocycles. The molecule has 1 saturated heterocycles. The van der Waals surface area contributed by atoms with E-state index in [1.165, 1.54) is 45.1 Å². The Labute approximate surface area is 276 Å². The van der Waals surface area contributed by atoms with Gasteiger partial charge in [-0.2, -0.15) is 0 Å². The Morgan fingerprint density at radius 3 is 2.52 bits per heavy atom. The minimum Gasteiger partial charge on any atom is -0.481 e. The maximum atomic E-state index is 13.0. The molecule has 3 amide bonds. The number of thioether (sulfide) groups is 3. The first kappa shape index (κ1) is 34.0. The average Bonchev–Trinajstić information content (AvgIpc) is 3.00. The summed E-state index contributed by atoms with van der Waals surface area (Å²) in [6, 6.07) is 7.89. The lowest BCUT2D eigenvalue weighted by atomic mass is 10.0. The van der Waals surface area contributed by atoms with Crippen molar-refractivity contribution < 1.29 is 38.8 Å². The quantitative estimate of drug-likeness (QED) is 0.153. The summed E-state index contributed by atoms with van der Waals surface area (Å²) in [5.41, 5.74) is 0.574. The van der Waals surface area contributed by atoms with E-state index in [1.54, 1.807) is 25.2 Å². The Hall–Kier alpha value is -2.91. The molecule has 4 rings (SSSR count). The fourth-order valence-corrected chi connectivity index (χ4v) is 8.07. The van der Waals surface area contributed by atoms with Crippen LogP contribution in [0.1, 0.15) is 12.8 Å². The lowest BCUT2D eigenvalue weighted by Crippen LogP contribution is -2.70. The van der Waals surface area contributed by atoms with Crippen LogP contribution in [0.15, 0.2) is 63.8 Å². The van der Waals surface area contributed by atoms with Crippen LogP contribution in [0.3, 0.4) is 0 Å². The summed E-state index contributed by atoms with van der Waals surface area (Å²) in [6.07, 6.45) is 3.45. The van der Waals surface area contributed by atoms with Gasteiger partial charge in [0, 0.05) is 51.9 Å².